The third kappa shape index (κ3) is 0.759. The number of hydrogen-bond donors (Lipinski definition) is 0. The smallest absolute Gasteiger partial charge is 0.0662 e. The van der Waals surface area contributed by atoms with Gasteiger partial charge in [-0.3, -0.25) is 0 Å². The molecule has 1 heteroatoms. The molecule has 2 bridgehead atoms. The molecular formula is C9H11N. The molecule has 0 aromatic carbocycles. The van der Waals surface area contributed by atoms with Crippen molar-refractivity contribution in [2.24, 2.45) is 11.8 Å². The maximum Gasteiger partial charge on any atom is 0.0662 e. The average molecular weight is 133 g/mol. The Morgan fingerprint density at radius 2 is 2.50 bits per heavy atom. The average Bonchev–Trinajstić information content (AvgIpc) is 2.06. The second-order valence-electron chi connectivity index (χ2n) is 3.34. The molecule has 0 saturated heterocycles. The first-order chi connectivity index (χ1) is 4.90. The molecule has 0 aromatic heterocycles. The SMILES string of the molecule is N#CC1CC2=CCC1CC2. The van der Waals surface area contributed by atoms with Gasteiger partial charge < -0.3 is 0 Å². The normalized spacial score (nSPS) is 36.9. The lowest BCUT2D eigenvalue weighted by molar-refractivity contribution is 0.314. The predicted octanol–water partition coefficient (Wildman–Crippen LogP) is 2.26. The quantitative estimate of drug-likeness (QED) is 0.465. The van der Waals surface area contributed by atoms with Crippen molar-refractivity contribution in [1.82, 2.24) is 0 Å². The Bertz CT molecular complexity index is 209. The first-order valence-corrected chi connectivity index (χ1v) is 3.97. The van der Waals surface area contributed by atoms with E-state index in [0.717, 1.165) is 6.42 Å². The third-order valence-corrected chi connectivity index (χ3v) is 2.76. The fraction of sp³-hybridized carbons (Fsp3) is 0.667. The monoisotopic (exact) mass is 133 g/mol. The van der Waals surface area contributed by atoms with Gasteiger partial charge in [0.15, 0.2) is 0 Å². The van der Waals surface area contributed by atoms with E-state index >= 15 is 0 Å². The van der Waals surface area contributed by atoms with E-state index in [2.05, 4.69) is 12.1 Å². The molecule has 10 heavy (non-hydrogen) atoms. The van der Waals surface area contributed by atoms with Crippen LogP contribution in [-0.2, 0) is 0 Å². The van der Waals surface area contributed by atoms with Crippen molar-refractivity contribution in [2.75, 3.05) is 0 Å². The fourth-order valence-corrected chi connectivity index (χ4v) is 2.06. The van der Waals surface area contributed by atoms with Crippen molar-refractivity contribution in [3.05, 3.63) is 11.6 Å². The summed E-state index contributed by atoms with van der Waals surface area (Å²) in [6, 6.07) is 2.39. The summed E-state index contributed by atoms with van der Waals surface area (Å²) in [5.41, 5.74) is 1.54. The van der Waals surface area contributed by atoms with Gasteiger partial charge in [0.25, 0.3) is 0 Å². The first kappa shape index (κ1) is 5.97. The molecule has 0 amide bonds. The van der Waals surface area contributed by atoms with Gasteiger partial charge in [-0.2, -0.15) is 5.26 Å². The van der Waals surface area contributed by atoms with Gasteiger partial charge in [0, 0.05) is 0 Å². The zero-order valence-electron chi connectivity index (χ0n) is 6.01. The molecule has 0 N–H and O–H groups in total. The zero-order chi connectivity index (χ0) is 6.97. The minimum atomic E-state index is 0.355. The van der Waals surface area contributed by atoms with Gasteiger partial charge in [0.1, 0.15) is 0 Å². The highest BCUT2D eigenvalue weighted by Crippen LogP contribution is 2.40. The van der Waals surface area contributed by atoms with Crippen molar-refractivity contribution in [1.29, 1.82) is 5.26 Å². The number of hydrogen-bond acceptors (Lipinski definition) is 1. The second kappa shape index (κ2) is 2.12. The maximum atomic E-state index is 8.74. The van der Waals surface area contributed by atoms with Crippen LogP contribution in [0.25, 0.3) is 0 Å². The van der Waals surface area contributed by atoms with E-state index in [9.17, 15) is 0 Å². The molecule has 3 aliphatic carbocycles. The van der Waals surface area contributed by atoms with Gasteiger partial charge in [0.2, 0.25) is 0 Å². The van der Waals surface area contributed by atoms with E-state index < -0.39 is 0 Å². The van der Waals surface area contributed by atoms with Gasteiger partial charge in [-0.25, -0.2) is 0 Å². The topological polar surface area (TPSA) is 23.8 Å². The Morgan fingerprint density at radius 3 is 2.80 bits per heavy atom. The first-order valence-electron chi connectivity index (χ1n) is 3.97. The van der Waals surface area contributed by atoms with E-state index in [0.29, 0.717) is 11.8 Å². The van der Waals surface area contributed by atoms with Crippen LogP contribution in [0, 0.1) is 23.2 Å². The van der Waals surface area contributed by atoms with Crippen LogP contribution < -0.4 is 0 Å². The van der Waals surface area contributed by atoms with Gasteiger partial charge in [-0.1, -0.05) is 11.6 Å². The van der Waals surface area contributed by atoms with Crippen LogP contribution >= 0.6 is 0 Å². The highest BCUT2D eigenvalue weighted by Gasteiger charge is 2.30. The van der Waals surface area contributed by atoms with Crippen LogP contribution in [0.4, 0.5) is 0 Å². The van der Waals surface area contributed by atoms with Gasteiger partial charge in [0.05, 0.1) is 12.0 Å². The molecule has 0 aromatic rings. The van der Waals surface area contributed by atoms with Crippen LogP contribution in [0.1, 0.15) is 25.7 Å². The van der Waals surface area contributed by atoms with Crippen molar-refractivity contribution in [3.63, 3.8) is 0 Å². The highest BCUT2D eigenvalue weighted by molar-refractivity contribution is 5.17. The van der Waals surface area contributed by atoms with Crippen LogP contribution in [-0.4, -0.2) is 0 Å². The van der Waals surface area contributed by atoms with E-state index in [1.807, 2.05) is 0 Å². The summed E-state index contributed by atoms with van der Waals surface area (Å²) in [5.74, 6) is 1.05. The van der Waals surface area contributed by atoms with Crippen LogP contribution in [0.2, 0.25) is 0 Å². The summed E-state index contributed by atoms with van der Waals surface area (Å²) in [4.78, 5) is 0. The maximum absolute atomic E-state index is 8.74. The molecule has 2 unspecified atom stereocenters. The summed E-state index contributed by atoms with van der Waals surface area (Å²) in [7, 11) is 0. The molecule has 1 saturated carbocycles. The molecule has 0 radical (unpaired) electrons. The second-order valence-corrected chi connectivity index (χ2v) is 3.34. The lowest BCUT2D eigenvalue weighted by atomic mass is 9.71. The van der Waals surface area contributed by atoms with E-state index in [4.69, 9.17) is 5.26 Å². The van der Waals surface area contributed by atoms with Crippen molar-refractivity contribution in [3.8, 4) is 6.07 Å². The van der Waals surface area contributed by atoms with Crippen molar-refractivity contribution in [2.45, 2.75) is 25.7 Å². The Morgan fingerprint density at radius 1 is 1.60 bits per heavy atom. The Labute approximate surface area is 61.4 Å². The van der Waals surface area contributed by atoms with E-state index in [1.54, 1.807) is 0 Å². The lowest BCUT2D eigenvalue weighted by Gasteiger charge is -2.32. The molecule has 3 rings (SSSR count). The summed E-state index contributed by atoms with van der Waals surface area (Å²) >= 11 is 0. The Kier molecular flexibility index (Phi) is 1.27. The van der Waals surface area contributed by atoms with Crippen LogP contribution in [0.15, 0.2) is 11.6 Å². The van der Waals surface area contributed by atoms with E-state index in [-0.39, 0.29) is 0 Å². The molecule has 1 nitrogen and oxygen atoms in total. The van der Waals surface area contributed by atoms with Gasteiger partial charge in [-0.15, -0.1) is 0 Å². The summed E-state index contributed by atoms with van der Waals surface area (Å²) in [6.45, 7) is 0. The largest absolute Gasteiger partial charge is 0.198 e. The third-order valence-electron chi connectivity index (χ3n) is 2.76. The summed E-state index contributed by atoms with van der Waals surface area (Å²) < 4.78 is 0. The lowest BCUT2D eigenvalue weighted by Crippen LogP contribution is -2.23. The van der Waals surface area contributed by atoms with Crippen LogP contribution in [0.5, 0.6) is 0 Å². The van der Waals surface area contributed by atoms with Crippen molar-refractivity contribution < 1.29 is 0 Å². The summed E-state index contributed by atoms with van der Waals surface area (Å²) in [6.07, 6.45) is 7.11. The molecule has 52 valence electrons. The number of nitrogens with zero attached hydrogens (tertiary/aromatic N) is 1. The van der Waals surface area contributed by atoms with Gasteiger partial charge >= 0.3 is 0 Å². The highest BCUT2D eigenvalue weighted by atomic mass is 14.4. The molecule has 3 aliphatic rings. The van der Waals surface area contributed by atoms with Gasteiger partial charge in [-0.05, 0) is 31.6 Å². The minimum Gasteiger partial charge on any atom is -0.198 e. The number of fused-ring (bicyclic) bond motifs is 3. The summed E-state index contributed by atoms with van der Waals surface area (Å²) in [5, 5.41) is 8.74. The molecule has 0 aliphatic heterocycles. The number of rotatable bonds is 0. The molecule has 2 atom stereocenters. The van der Waals surface area contributed by atoms with E-state index in [1.165, 1.54) is 24.8 Å². The molecule has 1 fully saturated rings. The number of allylic oxidation sites excluding steroid dienone is 2. The zero-order valence-corrected chi connectivity index (χ0v) is 6.01. The standard InChI is InChI=1S/C9H11N/c10-6-9-5-7-1-3-8(9)4-2-7/h1,8-9H,2-5H2. The number of nitriles is 1. The minimum absolute atomic E-state index is 0.355. The molecule has 0 spiro atoms. The van der Waals surface area contributed by atoms with Crippen molar-refractivity contribution >= 4 is 0 Å². The Balaban J connectivity index is 2.21. The fourth-order valence-electron chi connectivity index (χ4n) is 2.06. The van der Waals surface area contributed by atoms with Crippen LogP contribution in [0.3, 0.4) is 0 Å². The Hall–Kier alpha value is -0.770. The molecule has 0 heterocycles. The predicted molar refractivity (Wildman–Crippen MR) is 39.1 cm³/mol. The molecular weight excluding hydrogens is 122 g/mol.